The van der Waals surface area contributed by atoms with Crippen LogP contribution in [0.1, 0.15) is 56.2 Å². The predicted molar refractivity (Wildman–Crippen MR) is 221 cm³/mol. The molecule has 0 fully saturated rings. The number of fused-ring (bicyclic) bond motifs is 5. The molecule has 6 rings (SSSR count). The summed E-state index contributed by atoms with van der Waals surface area (Å²) in [6.45, 7) is 4.32. The summed E-state index contributed by atoms with van der Waals surface area (Å²) in [5.41, 5.74) is -19.3. The van der Waals surface area contributed by atoms with E-state index in [1.807, 2.05) is 0 Å². The molecule has 1 aromatic heterocycles. The minimum Gasteiger partial charge on any atom is -0.487 e. The van der Waals surface area contributed by atoms with E-state index in [0.29, 0.717) is 22.3 Å². The molecule has 0 bridgehead atoms. The van der Waals surface area contributed by atoms with Gasteiger partial charge in [0.25, 0.3) is 0 Å². The first-order valence-corrected chi connectivity index (χ1v) is 20.1. The molecule has 0 spiro atoms. The van der Waals surface area contributed by atoms with Crippen LogP contribution in [0.15, 0.2) is 101 Å². The largest absolute Gasteiger partial charge is 0.487 e. The molecule has 0 N–H and O–H groups in total. The lowest BCUT2D eigenvalue weighted by molar-refractivity contribution is -0.366. The minimum absolute atomic E-state index is 0.00401. The third kappa shape index (κ3) is 9.01. The third-order valence-corrected chi connectivity index (χ3v) is 11.2. The zero-order valence-electron chi connectivity index (χ0n) is 36.4. The van der Waals surface area contributed by atoms with Crippen LogP contribution in [0, 0.1) is 27.7 Å². The summed E-state index contributed by atoms with van der Waals surface area (Å²) < 4.78 is 248. The number of hydrogen-bond acceptors (Lipinski definition) is 5. The first-order valence-electron chi connectivity index (χ1n) is 20.1. The van der Waals surface area contributed by atoms with Crippen molar-refractivity contribution in [2.75, 3.05) is 6.61 Å². The number of aromatic nitrogens is 1. The molecule has 0 amide bonds. The van der Waals surface area contributed by atoms with Crippen molar-refractivity contribution < 1.29 is 93.8 Å². The predicted octanol–water partition coefficient (Wildman–Crippen LogP) is 14.2. The number of carbonyl (C=O) groups is 2. The van der Waals surface area contributed by atoms with Crippen LogP contribution >= 0.6 is 0 Å². The van der Waals surface area contributed by atoms with Crippen LogP contribution in [0.5, 0.6) is 0 Å². The lowest BCUT2D eigenvalue weighted by Gasteiger charge is -2.41. The van der Waals surface area contributed by atoms with E-state index >= 15 is 8.78 Å². The van der Waals surface area contributed by atoms with Crippen LogP contribution in [0.4, 0.5) is 74.6 Å². The van der Waals surface area contributed by atoms with Gasteiger partial charge in [-0.25, -0.2) is 13.6 Å². The van der Waals surface area contributed by atoms with E-state index < -0.39 is 78.5 Å². The number of benzene rings is 5. The standard InChI is InChI=1S/C47H33F17N2O4/c1-22-18-24(3)35(25(4)19-22)38(68)33-21-32-31-20-27(36(65-70-26(5)67)28-11-7-6-10-23(28)2)14-15-34(31)66(37(32)30-13-9-8-12-29(30)33)16-17-69-40(43(50,51)52)39(41(48,44(53,54)55)45(56,57)58)42(49,46(59,60)61)47(62,63)64/h6-15,18-21H,16-17H2,1-5H3/b65-36-. The number of ketones is 1. The maximum absolute atomic E-state index is 15.5. The maximum Gasteiger partial charge on any atom is 0.449 e. The van der Waals surface area contributed by atoms with Crippen LogP contribution in [0.3, 0.4) is 0 Å². The Morgan fingerprint density at radius 1 is 0.571 bits per heavy atom. The van der Waals surface area contributed by atoms with Gasteiger partial charge in [-0.3, -0.25) is 4.79 Å². The molecule has 374 valence electrons. The van der Waals surface area contributed by atoms with Gasteiger partial charge in [0.2, 0.25) is 5.76 Å². The van der Waals surface area contributed by atoms with Gasteiger partial charge in [-0.05, 0) is 68.0 Å². The lowest BCUT2D eigenvalue weighted by atomic mass is 9.79. The first kappa shape index (κ1) is 52.7. The quantitative estimate of drug-likeness (QED) is 0.0324. The molecule has 0 saturated carbocycles. The van der Waals surface area contributed by atoms with Crippen LogP contribution in [-0.4, -0.2) is 70.9 Å². The second-order valence-corrected chi connectivity index (χ2v) is 16.0. The fourth-order valence-electron chi connectivity index (χ4n) is 8.38. The molecule has 0 aliphatic rings. The molecule has 0 atom stereocenters. The van der Waals surface area contributed by atoms with E-state index in [-0.39, 0.29) is 55.0 Å². The number of ether oxygens (including phenoxy) is 1. The van der Waals surface area contributed by atoms with Gasteiger partial charge >= 0.3 is 48.2 Å². The van der Waals surface area contributed by atoms with E-state index in [1.165, 1.54) is 48.5 Å². The molecule has 70 heavy (non-hydrogen) atoms. The molecule has 1 heterocycles. The topological polar surface area (TPSA) is 69.9 Å². The second-order valence-electron chi connectivity index (χ2n) is 16.0. The monoisotopic (exact) mass is 1010 g/mol. The van der Waals surface area contributed by atoms with Gasteiger partial charge in [0.15, 0.2) is 5.78 Å². The highest BCUT2D eigenvalue weighted by atomic mass is 19.4. The number of oxime groups is 1. The van der Waals surface area contributed by atoms with Crippen molar-refractivity contribution in [2.45, 2.75) is 83.4 Å². The zero-order chi connectivity index (χ0) is 52.5. The summed E-state index contributed by atoms with van der Waals surface area (Å²) >= 11 is 0. The van der Waals surface area contributed by atoms with Gasteiger partial charge in [-0.15, -0.1) is 0 Å². The molecular formula is C47H33F17N2O4. The van der Waals surface area contributed by atoms with Crippen LogP contribution in [-0.2, 0) is 20.9 Å². The second kappa shape index (κ2) is 17.9. The van der Waals surface area contributed by atoms with Crippen molar-refractivity contribution in [1.82, 2.24) is 4.57 Å². The summed E-state index contributed by atoms with van der Waals surface area (Å²) in [7, 11) is 0. The Hall–Kier alpha value is -6.68. The minimum atomic E-state index is -8.34. The Labute approximate surface area is 383 Å². The average Bonchev–Trinajstić information content (AvgIpc) is 3.53. The highest BCUT2D eigenvalue weighted by Gasteiger charge is 2.88. The van der Waals surface area contributed by atoms with E-state index in [1.54, 1.807) is 64.1 Å². The van der Waals surface area contributed by atoms with Gasteiger partial charge in [-0.1, -0.05) is 77.4 Å². The van der Waals surface area contributed by atoms with Crippen molar-refractivity contribution >= 4 is 50.0 Å². The number of rotatable bonds is 11. The number of hydrogen-bond donors (Lipinski definition) is 0. The Balaban J connectivity index is 1.70. The molecule has 0 aliphatic heterocycles. The van der Waals surface area contributed by atoms with E-state index in [0.717, 1.165) is 17.1 Å². The molecule has 6 nitrogen and oxygen atoms in total. The number of aryl methyl sites for hydroxylation is 4. The smallest absolute Gasteiger partial charge is 0.449 e. The van der Waals surface area contributed by atoms with Crippen molar-refractivity contribution in [3.8, 4) is 0 Å². The number of allylic oxidation sites excluding steroid dienone is 2. The summed E-state index contributed by atoms with van der Waals surface area (Å²) in [6.07, 6.45) is -40.0. The van der Waals surface area contributed by atoms with E-state index in [9.17, 15) is 75.4 Å². The molecule has 6 aromatic rings. The Morgan fingerprint density at radius 2 is 1.09 bits per heavy atom. The summed E-state index contributed by atoms with van der Waals surface area (Å²) in [6, 6.07) is 20.8. The fraction of sp³-hybridized carbons (Fsp3) is 0.298. The van der Waals surface area contributed by atoms with Crippen LogP contribution in [0.2, 0.25) is 0 Å². The van der Waals surface area contributed by atoms with Crippen LogP contribution < -0.4 is 0 Å². The van der Waals surface area contributed by atoms with Crippen molar-refractivity contribution in [3.63, 3.8) is 0 Å². The molecule has 5 aromatic carbocycles. The first-order chi connectivity index (χ1) is 32.1. The fourth-order valence-corrected chi connectivity index (χ4v) is 8.38. The summed E-state index contributed by atoms with van der Waals surface area (Å²) in [5.74, 6) is -6.01. The number of halogens is 17. The maximum atomic E-state index is 15.5. The third-order valence-electron chi connectivity index (χ3n) is 11.2. The number of carbonyl (C=O) groups excluding carboxylic acids is 2. The Morgan fingerprint density at radius 3 is 1.59 bits per heavy atom. The molecular weight excluding hydrogens is 979 g/mol. The Kier molecular flexibility index (Phi) is 13.5. The van der Waals surface area contributed by atoms with Crippen LogP contribution in [0.25, 0.3) is 32.6 Å². The Bertz CT molecular complexity index is 3020. The molecule has 0 radical (unpaired) electrons. The summed E-state index contributed by atoms with van der Waals surface area (Å²) in [5, 5.41) is 4.20. The van der Waals surface area contributed by atoms with Gasteiger partial charge in [0, 0.05) is 50.9 Å². The van der Waals surface area contributed by atoms with Crippen molar-refractivity contribution in [1.29, 1.82) is 0 Å². The number of alkyl halides is 17. The SMILES string of the molecule is CC(=O)O/N=C(/c1ccc2c(c1)c1cc(C(=O)c3c(C)cc(C)cc3C)c3ccccc3c1n2CCOC(=C(C(F)(C(F)(F)F)C(F)(F)F)C(F)(C(F)(F)F)C(F)(F)F)C(F)(F)F)c1ccccc1C. The van der Waals surface area contributed by atoms with Gasteiger partial charge < -0.3 is 14.1 Å². The molecule has 0 saturated heterocycles. The summed E-state index contributed by atoms with van der Waals surface area (Å²) in [4.78, 5) is 31.5. The van der Waals surface area contributed by atoms with Gasteiger partial charge in [0.1, 0.15) is 12.3 Å². The highest BCUT2D eigenvalue weighted by molar-refractivity contribution is 6.27. The number of nitrogens with zero attached hydrogens (tertiary/aromatic N) is 2. The highest BCUT2D eigenvalue weighted by Crippen LogP contribution is 2.63. The molecule has 0 unspecified atom stereocenters. The van der Waals surface area contributed by atoms with Gasteiger partial charge in [-0.2, -0.15) is 65.9 Å². The lowest BCUT2D eigenvalue weighted by Crippen LogP contribution is -2.66. The average molecular weight is 1010 g/mol. The van der Waals surface area contributed by atoms with E-state index in [4.69, 9.17) is 4.84 Å². The normalized spacial score (nSPS) is 13.6. The van der Waals surface area contributed by atoms with E-state index in [2.05, 4.69) is 9.89 Å². The van der Waals surface area contributed by atoms with Crippen molar-refractivity contribution in [3.05, 3.63) is 141 Å². The van der Waals surface area contributed by atoms with Gasteiger partial charge in [0.05, 0.1) is 17.6 Å². The zero-order valence-corrected chi connectivity index (χ0v) is 36.4. The molecule has 0 aliphatic carbocycles. The van der Waals surface area contributed by atoms with Crippen molar-refractivity contribution in [2.24, 2.45) is 5.16 Å². The molecule has 23 heteroatoms.